The summed E-state index contributed by atoms with van der Waals surface area (Å²) in [4.78, 5) is 25.3. The van der Waals surface area contributed by atoms with E-state index in [4.69, 9.17) is 4.74 Å². The standard InChI is InChI=1S/C24H40O5/c1-5-9-11-17(7-3)13-23(21(25)26)15-19-20(29-19)16-24(23,22(27)28)14-18(8-4)12-10-6-2/h15,17-18,20H,5-14,16H2,1-4H3,(H,25,26)(H,27,28)/p-2. The molecule has 1 saturated heterocycles. The maximum Gasteiger partial charge on any atom is 0.156 e. The summed E-state index contributed by atoms with van der Waals surface area (Å²) >= 11 is 0. The van der Waals surface area contributed by atoms with Crippen LogP contribution in [0.15, 0.2) is 11.8 Å². The zero-order chi connectivity index (χ0) is 21.7. The maximum atomic E-state index is 12.7. The van der Waals surface area contributed by atoms with Crippen LogP contribution in [-0.4, -0.2) is 18.0 Å². The Bertz CT molecular complexity index is 612. The van der Waals surface area contributed by atoms with E-state index >= 15 is 0 Å². The number of unbranched alkanes of at least 4 members (excludes halogenated alkanes) is 2. The van der Waals surface area contributed by atoms with Gasteiger partial charge in [-0.3, -0.25) is 0 Å². The summed E-state index contributed by atoms with van der Waals surface area (Å²) in [6.45, 7) is 8.32. The number of ether oxygens (including phenoxy) is 1. The molecule has 0 radical (unpaired) electrons. The van der Waals surface area contributed by atoms with Gasteiger partial charge in [-0.1, -0.05) is 79.1 Å². The topological polar surface area (TPSA) is 92.8 Å². The molecule has 166 valence electrons. The van der Waals surface area contributed by atoms with Crippen LogP contribution < -0.4 is 10.2 Å². The predicted molar refractivity (Wildman–Crippen MR) is 108 cm³/mol. The monoisotopic (exact) mass is 406 g/mol. The van der Waals surface area contributed by atoms with Crippen LogP contribution in [-0.2, 0) is 14.3 Å². The first kappa shape index (κ1) is 23.8. The summed E-state index contributed by atoms with van der Waals surface area (Å²) in [6, 6.07) is 0. The number of fused-ring (bicyclic) bond motifs is 1. The van der Waals surface area contributed by atoms with Crippen molar-refractivity contribution in [1.82, 2.24) is 0 Å². The number of carbonyl (C=O) groups is 2. The molecule has 1 aliphatic heterocycles. The Hall–Kier alpha value is -1.52. The molecule has 1 aliphatic carbocycles. The van der Waals surface area contributed by atoms with Crippen LogP contribution in [0.4, 0.5) is 0 Å². The summed E-state index contributed by atoms with van der Waals surface area (Å²) in [6.07, 6.45) is 9.61. The van der Waals surface area contributed by atoms with Crippen molar-refractivity contribution < 1.29 is 24.5 Å². The first-order valence-corrected chi connectivity index (χ1v) is 11.6. The van der Waals surface area contributed by atoms with Crippen LogP contribution in [0.5, 0.6) is 0 Å². The Morgan fingerprint density at radius 1 is 1.00 bits per heavy atom. The Labute approximate surface area is 175 Å². The molecular formula is C24H38O5-2. The SMILES string of the molecule is CCCCC(CC)CC1(C(=O)[O-])C=C2OC2CC1(CC(CC)CCCC)C(=O)[O-]. The van der Waals surface area contributed by atoms with Gasteiger partial charge in [0.1, 0.15) is 5.76 Å². The van der Waals surface area contributed by atoms with Crippen molar-refractivity contribution in [2.75, 3.05) is 0 Å². The number of hydrogen-bond donors (Lipinski definition) is 0. The lowest BCUT2D eigenvalue weighted by Gasteiger charge is -2.53. The third-order valence-corrected chi connectivity index (χ3v) is 7.40. The highest BCUT2D eigenvalue weighted by Crippen LogP contribution is 2.60. The van der Waals surface area contributed by atoms with Crippen molar-refractivity contribution in [3.05, 3.63) is 11.8 Å². The number of epoxide rings is 1. The molecule has 1 heterocycles. The number of aliphatic carboxylic acids is 2. The van der Waals surface area contributed by atoms with Gasteiger partial charge in [-0.05, 0) is 30.8 Å². The Kier molecular flexibility index (Phi) is 8.18. The molecule has 5 atom stereocenters. The quantitative estimate of drug-likeness (QED) is 0.412. The molecule has 1 fully saturated rings. The molecule has 29 heavy (non-hydrogen) atoms. The Morgan fingerprint density at radius 3 is 2.00 bits per heavy atom. The minimum absolute atomic E-state index is 0.134. The number of carbonyl (C=O) groups excluding carboxylic acids is 2. The molecule has 0 aromatic carbocycles. The first-order chi connectivity index (χ1) is 13.8. The van der Waals surface area contributed by atoms with Gasteiger partial charge in [-0.2, -0.15) is 0 Å². The first-order valence-electron chi connectivity index (χ1n) is 11.6. The summed E-state index contributed by atoms with van der Waals surface area (Å²) in [5.74, 6) is -1.64. The fourth-order valence-electron chi connectivity index (χ4n) is 5.32. The van der Waals surface area contributed by atoms with Crippen LogP contribution in [0.1, 0.15) is 98.3 Å². The fraction of sp³-hybridized carbons (Fsp3) is 0.833. The highest BCUT2D eigenvalue weighted by atomic mass is 16.6. The van der Waals surface area contributed by atoms with Gasteiger partial charge in [0.15, 0.2) is 6.10 Å². The zero-order valence-electron chi connectivity index (χ0n) is 18.6. The third kappa shape index (κ3) is 4.80. The molecule has 0 N–H and O–H groups in total. The second kappa shape index (κ2) is 9.99. The number of carboxylic acid groups (broad SMARTS) is 2. The molecular weight excluding hydrogens is 368 g/mol. The van der Waals surface area contributed by atoms with E-state index in [1.54, 1.807) is 6.08 Å². The van der Waals surface area contributed by atoms with Gasteiger partial charge in [0.25, 0.3) is 0 Å². The molecule has 5 unspecified atom stereocenters. The van der Waals surface area contributed by atoms with Crippen molar-refractivity contribution in [3.8, 4) is 0 Å². The van der Waals surface area contributed by atoms with Crippen LogP contribution >= 0.6 is 0 Å². The largest absolute Gasteiger partial charge is 0.550 e. The third-order valence-electron chi connectivity index (χ3n) is 7.40. The van der Waals surface area contributed by atoms with Gasteiger partial charge in [-0.15, -0.1) is 0 Å². The highest BCUT2D eigenvalue weighted by molar-refractivity contribution is 5.87. The van der Waals surface area contributed by atoms with E-state index in [9.17, 15) is 19.8 Å². The van der Waals surface area contributed by atoms with Gasteiger partial charge >= 0.3 is 0 Å². The summed E-state index contributed by atoms with van der Waals surface area (Å²) < 4.78 is 5.56. The van der Waals surface area contributed by atoms with E-state index in [2.05, 4.69) is 20.8 Å². The molecule has 0 amide bonds. The lowest BCUT2D eigenvalue weighted by molar-refractivity contribution is -0.345. The Balaban J connectivity index is 2.48. The lowest BCUT2D eigenvalue weighted by atomic mass is 9.52. The van der Waals surface area contributed by atoms with Crippen molar-refractivity contribution in [3.63, 3.8) is 0 Å². The van der Waals surface area contributed by atoms with Crippen LogP contribution in [0.2, 0.25) is 0 Å². The normalized spacial score (nSPS) is 29.9. The maximum absolute atomic E-state index is 12.7. The van der Waals surface area contributed by atoms with Crippen LogP contribution in [0.25, 0.3) is 0 Å². The smallest absolute Gasteiger partial charge is 0.156 e. The minimum Gasteiger partial charge on any atom is -0.550 e. The summed E-state index contributed by atoms with van der Waals surface area (Å²) in [7, 11) is 0. The van der Waals surface area contributed by atoms with Gasteiger partial charge in [-0.25, -0.2) is 0 Å². The molecule has 0 spiro atoms. The van der Waals surface area contributed by atoms with Gasteiger partial charge < -0.3 is 24.5 Å². The molecule has 0 bridgehead atoms. The van der Waals surface area contributed by atoms with Crippen molar-refractivity contribution in [1.29, 1.82) is 0 Å². The zero-order valence-corrected chi connectivity index (χ0v) is 18.6. The fourth-order valence-corrected chi connectivity index (χ4v) is 5.32. The minimum atomic E-state index is -1.57. The average molecular weight is 407 g/mol. The van der Waals surface area contributed by atoms with Crippen LogP contribution in [0.3, 0.4) is 0 Å². The van der Waals surface area contributed by atoms with E-state index in [1.807, 2.05) is 6.92 Å². The molecule has 0 aromatic heterocycles. The van der Waals surface area contributed by atoms with E-state index in [1.165, 1.54) is 0 Å². The van der Waals surface area contributed by atoms with E-state index < -0.39 is 22.8 Å². The van der Waals surface area contributed by atoms with E-state index in [-0.39, 0.29) is 30.8 Å². The average Bonchev–Trinajstić information content (AvgIpc) is 3.44. The van der Waals surface area contributed by atoms with Crippen molar-refractivity contribution in [2.24, 2.45) is 22.7 Å². The molecule has 2 aliphatic rings. The van der Waals surface area contributed by atoms with Gasteiger partial charge in [0, 0.05) is 23.2 Å². The van der Waals surface area contributed by atoms with Gasteiger partial charge in [0.05, 0.1) is 5.97 Å². The second-order valence-electron chi connectivity index (χ2n) is 9.23. The van der Waals surface area contributed by atoms with Crippen molar-refractivity contribution >= 4 is 11.9 Å². The van der Waals surface area contributed by atoms with E-state index in [0.717, 1.165) is 51.4 Å². The second-order valence-corrected chi connectivity index (χ2v) is 9.23. The molecule has 0 aromatic rings. The molecule has 5 nitrogen and oxygen atoms in total. The number of hydrogen-bond acceptors (Lipinski definition) is 5. The molecule has 5 heteroatoms. The summed E-state index contributed by atoms with van der Waals surface area (Å²) in [5, 5.41) is 25.3. The van der Waals surface area contributed by atoms with Crippen LogP contribution in [0, 0.1) is 22.7 Å². The Morgan fingerprint density at radius 2 is 1.55 bits per heavy atom. The number of rotatable bonds is 14. The lowest BCUT2D eigenvalue weighted by Crippen LogP contribution is -2.62. The molecule has 2 rings (SSSR count). The number of carboxylic acids is 2. The van der Waals surface area contributed by atoms with Gasteiger partial charge in [0.2, 0.25) is 0 Å². The predicted octanol–water partition coefficient (Wildman–Crippen LogP) is 3.36. The molecule has 0 saturated carbocycles. The highest BCUT2D eigenvalue weighted by Gasteiger charge is 2.61. The summed E-state index contributed by atoms with van der Waals surface area (Å²) in [5.41, 5.74) is -3.05. The van der Waals surface area contributed by atoms with Crippen molar-refractivity contribution in [2.45, 2.75) is 104 Å². The van der Waals surface area contributed by atoms with E-state index in [0.29, 0.717) is 12.2 Å².